The summed E-state index contributed by atoms with van der Waals surface area (Å²) in [6.45, 7) is 7.24. The van der Waals surface area contributed by atoms with Gasteiger partial charge in [0.05, 0.1) is 6.54 Å². The Bertz CT molecular complexity index is 280. The van der Waals surface area contributed by atoms with Gasteiger partial charge >= 0.3 is 0 Å². The molecular formula is C10H20N4. The summed E-state index contributed by atoms with van der Waals surface area (Å²) in [4.78, 5) is 4.46. The molecule has 1 atom stereocenters. The molecule has 0 aliphatic carbocycles. The van der Waals surface area contributed by atoms with E-state index in [1.165, 1.54) is 0 Å². The molecule has 1 rings (SSSR count). The lowest BCUT2D eigenvalue weighted by Crippen LogP contribution is -2.28. The monoisotopic (exact) mass is 196 g/mol. The maximum atomic E-state index is 4.46. The molecule has 0 fully saturated rings. The lowest BCUT2D eigenvalue weighted by Gasteiger charge is -2.10. The Kier molecular flexibility index (Phi) is 4.07. The van der Waals surface area contributed by atoms with Crippen molar-refractivity contribution in [3.63, 3.8) is 0 Å². The fourth-order valence-electron chi connectivity index (χ4n) is 1.33. The van der Waals surface area contributed by atoms with Crippen LogP contribution >= 0.6 is 0 Å². The van der Waals surface area contributed by atoms with Gasteiger partial charge in [-0.25, -0.2) is 9.67 Å². The first-order valence-corrected chi connectivity index (χ1v) is 5.31. The molecule has 0 saturated carbocycles. The summed E-state index contributed by atoms with van der Waals surface area (Å²) in [5.41, 5.74) is 0. The molecule has 0 bridgehead atoms. The lowest BCUT2D eigenvalue weighted by molar-refractivity contribution is 0.466. The fourth-order valence-corrected chi connectivity index (χ4v) is 1.33. The SMILES string of the molecule is CCc1nc(CC)n(CC(C)NC)n1. The van der Waals surface area contributed by atoms with E-state index in [9.17, 15) is 0 Å². The van der Waals surface area contributed by atoms with Crippen molar-refractivity contribution in [2.45, 2.75) is 46.2 Å². The average molecular weight is 196 g/mol. The number of nitrogens with zero attached hydrogens (tertiary/aromatic N) is 3. The van der Waals surface area contributed by atoms with Crippen molar-refractivity contribution in [2.24, 2.45) is 0 Å². The highest BCUT2D eigenvalue weighted by Crippen LogP contribution is 2.01. The Balaban J connectivity index is 2.78. The van der Waals surface area contributed by atoms with Gasteiger partial charge in [0.1, 0.15) is 5.82 Å². The molecule has 1 aromatic heterocycles. The van der Waals surface area contributed by atoms with Crippen LogP contribution in [0.4, 0.5) is 0 Å². The molecule has 0 amide bonds. The van der Waals surface area contributed by atoms with Crippen molar-refractivity contribution in [1.82, 2.24) is 20.1 Å². The van der Waals surface area contributed by atoms with Crippen LogP contribution < -0.4 is 5.32 Å². The zero-order valence-electron chi connectivity index (χ0n) is 9.54. The largest absolute Gasteiger partial charge is 0.315 e. The van der Waals surface area contributed by atoms with Gasteiger partial charge in [0, 0.05) is 18.9 Å². The summed E-state index contributed by atoms with van der Waals surface area (Å²) in [6.07, 6.45) is 1.86. The lowest BCUT2D eigenvalue weighted by atomic mass is 10.3. The zero-order valence-corrected chi connectivity index (χ0v) is 9.54. The van der Waals surface area contributed by atoms with Crippen LogP contribution in [0.1, 0.15) is 32.4 Å². The normalized spacial score (nSPS) is 13.1. The van der Waals surface area contributed by atoms with Crippen molar-refractivity contribution in [3.8, 4) is 0 Å². The number of aromatic nitrogens is 3. The van der Waals surface area contributed by atoms with Gasteiger partial charge in [-0.1, -0.05) is 13.8 Å². The fraction of sp³-hybridized carbons (Fsp3) is 0.800. The third-order valence-corrected chi connectivity index (χ3v) is 2.36. The van der Waals surface area contributed by atoms with E-state index in [-0.39, 0.29) is 0 Å². The quantitative estimate of drug-likeness (QED) is 0.764. The van der Waals surface area contributed by atoms with Crippen LogP contribution in [0, 0.1) is 0 Å². The van der Waals surface area contributed by atoms with Gasteiger partial charge in [-0.05, 0) is 14.0 Å². The second kappa shape index (κ2) is 5.10. The molecular weight excluding hydrogens is 176 g/mol. The molecule has 4 heteroatoms. The van der Waals surface area contributed by atoms with Gasteiger partial charge < -0.3 is 5.32 Å². The van der Waals surface area contributed by atoms with Crippen LogP contribution in [0.15, 0.2) is 0 Å². The third kappa shape index (κ3) is 2.54. The van der Waals surface area contributed by atoms with Crippen molar-refractivity contribution < 1.29 is 0 Å². The average Bonchev–Trinajstić information content (AvgIpc) is 2.60. The summed E-state index contributed by atoms with van der Waals surface area (Å²) in [5, 5.41) is 7.66. The van der Waals surface area contributed by atoms with Gasteiger partial charge in [-0.2, -0.15) is 5.10 Å². The van der Waals surface area contributed by atoms with Crippen molar-refractivity contribution in [1.29, 1.82) is 0 Å². The first-order chi connectivity index (χ1) is 6.71. The Morgan fingerprint density at radius 3 is 2.57 bits per heavy atom. The summed E-state index contributed by atoms with van der Waals surface area (Å²) >= 11 is 0. The van der Waals surface area contributed by atoms with E-state index in [4.69, 9.17) is 0 Å². The van der Waals surface area contributed by atoms with E-state index >= 15 is 0 Å². The molecule has 0 aliphatic heterocycles. The minimum Gasteiger partial charge on any atom is -0.315 e. The molecule has 0 aliphatic rings. The highest BCUT2D eigenvalue weighted by atomic mass is 15.4. The minimum atomic E-state index is 0.437. The van der Waals surface area contributed by atoms with E-state index in [1.807, 2.05) is 11.7 Å². The Labute approximate surface area is 85.7 Å². The maximum Gasteiger partial charge on any atom is 0.150 e. The van der Waals surface area contributed by atoms with Crippen LogP contribution in [0.25, 0.3) is 0 Å². The molecule has 1 N–H and O–H groups in total. The van der Waals surface area contributed by atoms with Crippen molar-refractivity contribution >= 4 is 0 Å². The first-order valence-electron chi connectivity index (χ1n) is 5.31. The number of nitrogens with one attached hydrogen (secondary N) is 1. The molecule has 1 aromatic rings. The van der Waals surface area contributed by atoms with Crippen molar-refractivity contribution in [2.75, 3.05) is 7.05 Å². The highest BCUT2D eigenvalue weighted by Gasteiger charge is 2.08. The second-order valence-corrected chi connectivity index (χ2v) is 3.52. The number of aryl methyl sites for hydroxylation is 2. The molecule has 1 heterocycles. The predicted octanol–water partition coefficient (Wildman–Crippen LogP) is 1.01. The Morgan fingerprint density at radius 1 is 1.36 bits per heavy atom. The second-order valence-electron chi connectivity index (χ2n) is 3.52. The van der Waals surface area contributed by atoms with Gasteiger partial charge in [0.25, 0.3) is 0 Å². The van der Waals surface area contributed by atoms with Crippen LogP contribution in [0.3, 0.4) is 0 Å². The first kappa shape index (κ1) is 11.2. The number of rotatable bonds is 5. The molecule has 80 valence electrons. The molecule has 0 aromatic carbocycles. The highest BCUT2D eigenvalue weighted by molar-refractivity contribution is 4.93. The molecule has 4 nitrogen and oxygen atoms in total. The van der Waals surface area contributed by atoms with Crippen LogP contribution in [-0.4, -0.2) is 27.9 Å². The summed E-state index contributed by atoms with van der Waals surface area (Å²) in [7, 11) is 1.97. The number of hydrogen-bond donors (Lipinski definition) is 1. The van der Waals surface area contributed by atoms with Gasteiger partial charge in [-0.15, -0.1) is 0 Å². The summed E-state index contributed by atoms with van der Waals surface area (Å²) in [5.74, 6) is 2.04. The summed E-state index contributed by atoms with van der Waals surface area (Å²) < 4.78 is 2.01. The Morgan fingerprint density at radius 2 is 2.07 bits per heavy atom. The van der Waals surface area contributed by atoms with Crippen LogP contribution in [-0.2, 0) is 19.4 Å². The molecule has 14 heavy (non-hydrogen) atoms. The molecule has 0 saturated heterocycles. The molecule has 0 spiro atoms. The standard InChI is InChI=1S/C10H20N4/c1-5-9-12-10(6-2)14(13-9)7-8(3)11-4/h8,11H,5-7H2,1-4H3. The summed E-state index contributed by atoms with van der Waals surface area (Å²) in [6, 6.07) is 0.437. The topological polar surface area (TPSA) is 42.7 Å². The number of hydrogen-bond acceptors (Lipinski definition) is 3. The van der Waals surface area contributed by atoms with Gasteiger partial charge in [0.15, 0.2) is 5.82 Å². The smallest absolute Gasteiger partial charge is 0.150 e. The molecule has 0 radical (unpaired) electrons. The third-order valence-electron chi connectivity index (χ3n) is 2.36. The Hall–Kier alpha value is -0.900. The van der Waals surface area contributed by atoms with Crippen LogP contribution in [0.2, 0.25) is 0 Å². The van der Waals surface area contributed by atoms with E-state index in [1.54, 1.807) is 0 Å². The maximum absolute atomic E-state index is 4.46. The van der Waals surface area contributed by atoms with E-state index in [0.717, 1.165) is 31.0 Å². The van der Waals surface area contributed by atoms with Gasteiger partial charge in [-0.3, -0.25) is 0 Å². The zero-order chi connectivity index (χ0) is 10.6. The minimum absolute atomic E-state index is 0.437. The van der Waals surface area contributed by atoms with E-state index in [2.05, 4.69) is 36.2 Å². The van der Waals surface area contributed by atoms with Crippen molar-refractivity contribution in [3.05, 3.63) is 11.6 Å². The number of likely N-dealkylation sites (N-methyl/N-ethyl adjacent to an activating group) is 1. The van der Waals surface area contributed by atoms with E-state index in [0.29, 0.717) is 6.04 Å². The molecule has 1 unspecified atom stereocenters. The van der Waals surface area contributed by atoms with E-state index < -0.39 is 0 Å². The van der Waals surface area contributed by atoms with Crippen LogP contribution in [0.5, 0.6) is 0 Å². The predicted molar refractivity (Wildman–Crippen MR) is 57.3 cm³/mol. The van der Waals surface area contributed by atoms with Gasteiger partial charge in [0.2, 0.25) is 0 Å².